The van der Waals surface area contributed by atoms with E-state index in [-0.39, 0.29) is 5.60 Å². The van der Waals surface area contributed by atoms with Crippen molar-refractivity contribution in [1.29, 1.82) is 0 Å². The van der Waals surface area contributed by atoms with Gasteiger partial charge < -0.3 is 9.84 Å². The predicted molar refractivity (Wildman–Crippen MR) is 62.1 cm³/mol. The third-order valence-corrected chi connectivity index (χ3v) is 2.18. The quantitative estimate of drug-likeness (QED) is 0.861. The molecule has 1 unspecified atom stereocenters. The molecule has 1 aromatic rings. The van der Waals surface area contributed by atoms with Crippen molar-refractivity contribution in [2.24, 2.45) is 0 Å². The van der Waals surface area contributed by atoms with Crippen molar-refractivity contribution in [2.75, 3.05) is 6.61 Å². The summed E-state index contributed by atoms with van der Waals surface area (Å²) in [6.45, 7) is 6.18. The van der Waals surface area contributed by atoms with Gasteiger partial charge in [0.25, 0.3) is 0 Å². The van der Waals surface area contributed by atoms with Crippen molar-refractivity contribution in [1.82, 2.24) is 0 Å². The number of hydrogen-bond donors (Lipinski definition) is 1. The molecule has 15 heavy (non-hydrogen) atoms. The highest BCUT2D eigenvalue weighted by Crippen LogP contribution is 2.18. The highest BCUT2D eigenvalue weighted by molar-refractivity contribution is 6.30. The van der Waals surface area contributed by atoms with Gasteiger partial charge in [0.15, 0.2) is 0 Å². The van der Waals surface area contributed by atoms with Crippen molar-refractivity contribution in [3.8, 4) is 0 Å². The van der Waals surface area contributed by atoms with E-state index < -0.39 is 6.10 Å². The summed E-state index contributed by atoms with van der Waals surface area (Å²) in [5.41, 5.74) is 0.594. The van der Waals surface area contributed by atoms with Crippen LogP contribution in [-0.4, -0.2) is 17.3 Å². The van der Waals surface area contributed by atoms with Crippen molar-refractivity contribution in [2.45, 2.75) is 32.5 Å². The monoisotopic (exact) mass is 228 g/mol. The van der Waals surface area contributed by atoms with Gasteiger partial charge in [-0.25, -0.2) is 0 Å². The molecular formula is C12H17ClO2. The van der Waals surface area contributed by atoms with Crippen LogP contribution >= 0.6 is 11.6 Å². The van der Waals surface area contributed by atoms with Crippen LogP contribution in [0.5, 0.6) is 0 Å². The molecule has 0 radical (unpaired) electrons. The van der Waals surface area contributed by atoms with E-state index in [9.17, 15) is 5.11 Å². The Morgan fingerprint density at radius 2 is 1.80 bits per heavy atom. The first-order valence-corrected chi connectivity index (χ1v) is 5.34. The minimum atomic E-state index is -0.596. The SMILES string of the molecule is CC(C)(C)OCC(O)c1ccc(Cl)cc1. The Morgan fingerprint density at radius 1 is 1.27 bits per heavy atom. The summed E-state index contributed by atoms with van der Waals surface area (Å²) in [5, 5.41) is 10.5. The van der Waals surface area contributed by atoms with Crippen LogP contribution in [0, 0.1) is 0 Å². The zero-order valence-corrected chi connectivity index (χ0v) is 10.1. The van der Waals surface area contributed by atoms with Crippen LogP contribution < -0.4 is 0 Å². The highest BCUT2D eigenvalue weighted by atomic mass is 35.5. The summed E-state index contributed by atoms with van der Waals surface area (Å²) in [6.07, 6.45) is -0.596. The van der Waals surface area contributed by atoms with Gasteiger partial charge in [0.05, 0.1) is 12.2 Å². The minimum absolute atomic E-state index is 0.229. The van der Waals surface area contributed by atoms with Crippen LogP contribution in [-0.2, 0) is 4.74 Å². The van der Waals surface area contributed by atoms with E-state index in [2.05, 4.69) is 0 Å². The molecule has 0 aliphatic heterocycles. The molecule has 1 atom stereocenters. The van der Waals surface area contributed by atoms with E-state index in [4.69, 9.17) is 16.3 Å². The van der Waals surface area contributed by atoms with Crippen LogP contribution in [0.25, 0.3) is 0 Å². The number of benzene rings is 1. The Labute approximate surface area is 95.8 Å². The summed E-state index contributed by atoms with van der Waals surface area (Å²) in [5.74, 6) is 0. The predicted octanol–water partition coefficient (Wildman–Crippen LogP) is 3.19. The molecule has 0 fully saturated rings. The van der Waals surface area contributed by atoms with Crippen molar-refractivity contribution in [3.63, 3.8) is 0 Å². The number of aliphatic hydroxyl groups excluding tert-OH is 1. The van der Waals surface area contributed by atoms with E-state index >= 15 is 0 Å². The largest absolute Gasteiger partial charge is 0.386 e. The second-order valence-corrected chi connectivity index (χ2v) is 4.93. The van der Waals surface area contributed by atoms with Crippen LogP contribution in [0.1, 0.15) is 32.4 Å². The lowest BCUT2D eigenvalue weighted by molar-refractivity contribution is -0.0496. The van der Waals surface area contributed by atoms with Gasteiger partial charge >= 0.3 is 0 Å². The van der Waals surface area contributed by atoms with E-state index in [0.717, 1.165) is 5.56 Å². The van der Waals surface area contributed by atoms with Gasteiger partial charge in [-0.2, -0.15) is 0 Å². The molecule has 0 aliphatic rings. The Balaban J connectivity index is 2.54. The molecule has 84 valence electrons. The van der Waals surface area contributed by atoms with Gasteiger partial charge in [-0.1, -0.05) is 23.7 Å². The zero-order valence-electron chi connectivity index (χ0n) is 9.33. The lowest BCUT2D eigenvalue weighted by Crippen LogP contribution is -2.22. The van der Waals surface area contributed by atoms with Crippen LogP contribution in [0.2, 0.25) is 5.02 Å². The molecule has 0 heterocycles. The van der Waals surface area contributed by atoms with Gasteiger partial charge in [-0.3, -0.25) is 0 Å². The second-order valence-electron chi connectivity index (χ2n) is 4.49. The molecule has 2 nitrogen and oxygen atoms in total. The average molecular weight is 229 g/mol. The third kappa shape index (κ3) is 4.65. The third-order valence-electron chi connectivity index (χ3n) is 1.93. The Hall–Kier alpha value is -0.570. The number of hydrogen-bond acceptors (Lipinski definition) is 2. The number of rotatable bonds is 3. The summed E-state index contributed by atoms with van der Waals surface area (Å²) < 4.78 is 5.49. The molecule has 0 aromatic heterocycles. The van der Waals surface area contributed by atoms with Gasteiger partial charge in [-0.15, -0.1) is 0 Å². The topological polar surface area (TPSA) is 29.5 Å². The molecule has 0 bridgehead atoms. The minimum Gasteiger partial charge on any atom is -0.386 e. The van der Waals surface area contributed by atoms with E-state index in [1.54, 1.807) is 24.3 Å². The maximum atomic E-state index is 9.81. The van der Waals surface area contributed by atoms with Crippen molar-refractivity contribution in [3.05, 3.63) is 34.9 Å². The standard InChI is InChI=1S/C12H17ClO2/c1-12(2,3)15-8-11(14)9-4-6-10(13)7-5-9/h4-7,11,14H,8H2,1-3H3. The Morgan fingerprint density at radius 3 is 2.27 bits per heavy atom. The van der Waals surface area contributed by atoms with Crippen LogP contribution in [0.15, 0.2) is 24.3 Å². The van der Waals surface area contributed by atoms with Crippen molar-refractivity contribution < 1.29 is 9.84 Å². The molecule has 1 N–H and O–H groups in total. The maximum Gasteiger partial charge on any atom is 0.102 e. The molecule has 0 aliphatic carbocycles. The highest BCUT2D eigenvalue weighted by Gasteiger charge is 2.14. The van der Waals surface area contributed by atoms with Crippen molar-refractivity contribution >= 4 is 11.6 Å². The van der Waals surface area contributed by atoms with Gasteiger partial charge in [0.1, 0.15) is 6.10 Å². The van der Waals surface area contributed by atoms with Gasteiger partial charge in [-0.05, 0) is 38.5 Å². The van der Waals surface area contributed by atoms with E-state index in [1.165, 1.54) is 0 Å². The van der Waals surface area contributed by atoms with E-state index in [0.29, 0.717) is 11.6 Å². The first-order valence-electron chi connectivity index (χ1n) is 4.96. The summed E-state index contributed by atoms with van der Waals surface area (Å²) in [7, 11) is 0. The summed E-state index contributed by atoms with van der Waals surface area (Å²) in [4.78, 5) is 0. The lowest BCUT2D eigenvalue weighted by atomic mass is 10.1. The van der Waals surface area contributed by atoms with E-state index in [1.807, 2.05) is 20.8 Å². The fraction of sp³-hybridized carbons (Fsp3) is 0.500. The fourth-order valence-corrected chi connectivity index (χ4v) is 1.24. The maximum absolute atomic E-state index is 9.81. The lowest BCUT2D eigenvalue weighted by Gasteiger charge is -2.22. The first-order chi connectivity index (χ1) is 6.88. The number of ether oxygens (including phenoxy) is 1. The molecule has 3 heteroatoms. The molecule has 0 amide bonds. The normalized spacial score (nSPS) is 13.9. The first kappa shape index (κ1) is 12.5. The Kier molecular flexibility index (Phi) is 4.14. The van der Waals surface area contributed by atoms with Gasteiger partial charge in [0.2, 0.25) is 0 Å². The van der Waals surface area contributed by atoms with Gasteiger partial charge in [0, 0.05) is 5.02 Å². The summed E-state index contributed by atoms with van der Waals surface area (Å²) in [6, 6.07) is 7.13. The second kappa shape index (κ2) is 4.97. The smallest absolute Gasteiger partial charge is 0.102 e. The van der Waals surface area contributed by atoms with Crippen LogP contribution in [0.3, 0.4) is 0 Å². The summed E-state index contributed by atoms with van der Waals surface area (Å²) >= 11 is 5.75. The zero-order chi connectivity index (χ0) is 11.5. The molecule has 0 spiro atoms. The van der Waals surface area contributed by atoms with Crippen LogP contribution in [0.4, 0.5) is 0 Å². The molecular weight excluding hydrogens is 212 g/mol. The molecule has 1 aromatic carbocycles. The fourth-order valence-electron chi connectivity index (χ4n) is 1.11. The Bertz CT molecular complexity index is 300. The molecule has 1 rings (SSSR count). The number of aliphatic hydroxyl groups is 1. The molecule has 0 saturated carbocycles. The average Bonchev–Trinajstić information content (AvgIpc) is 2.14. The molecule has 0 saturated heterocycles. The number of halogens is 1.